The van der Waals surface area contributed by atoms with Crippen molar-refractivity contribution >= 4 is 28.2 Å². The van der Waals surface area contributed by atoms with Gasteiger partial charge < -0.3 is 16.4 Å². The van der Waals surface area contributed by atoms with Crippen LogP contribution >= 0.6 is 0 Å². The summed E-state index contributed by atoms with van der Waals surface area (Å²) in [5, 5.41) is 15.8. The van der Waals surface area contributed by atoms with Gasteiger partial charge in [-0.25, -0.2) is 0 Å². The SMILES string of the molecule is CNC(=O)c1cnc2ccc(C3(CCCCCCN)C=CN=N3)cc2c1Nc1ccccc1. The third-order valence-electron chi connectivity index (χ3n) is 6.05. The van der Waals surface area contributed by atoms with Gasteiger partial charge in [-0.3, -0.25) is 9.78 Å². The number of carbonyl (C=O) groups excluding carboxylic acids is 1. The quantitative estimate of drug-likeness (QED) is 0.365. The molecular weight excluding hydrogens is 412 g/mol. The van der Waals surface area contributed by atoms with Gasteiger partial charge in [0.05, 0.1) is 16.8 Å². The molecule has 0 bridgehead atoms. The zero-order chi connectivity index (χ0) is 23.1. The number of hydrogen-bond donors (Lipinski definition) is 3. The van der Waals surface area contributed by atoms with Crippen LogP contribution in [-0.4, -0.2) is 24.5 Å². The van der Waals surface area contributed by atoms with E-state index in [1.54, 1.807) is 19.4 Å². The third kappa shape index (κ3) is 4.93. The van der Waals surface area contributed by atoms with Crippen molar-refractivity contribution in [1.29, 1.82) is 0 Å². The average Bonchev–Trinajstić information content (AvgIpc) is 3.34. The van der Waals surface area contributed by atoms with Gasteiger partial charge in [0.1, 0.15) is 5.54 Å². The number of carbonyl (C=O) groups is 1. The topological polar surface area (TPSA) is 105 Å². The number of para-hydroxylation sites is 1. The summed E-state index contributed by atoms with van der Waals surface area (Å²) in [6.07, 6.45) is 10.6. The van der Waals surface area contributed by atoms with Crippen LogP contribution in [0.1, 0.15) is 48.0 Å². The van der Waals surface area contributed by atoms with Crippen molar-refractivity contribution < 1.29 is 4.79 Å². The summed E-state index contributed by atoms with van der Waals surface area (Å²) in [7, 11) is 1.62. The lowest BCUT2D eigenvalue weighted by Gasteiger charge is -2.24. The van der Waals surface area contributed by atoms with Crippen molar-refractivity contribution in [2.45, 2.75) is 37.6 Å². The second kappa shape index (κ2) is 10.4. The highest BCUT2D eigenvalue weighted by Gasteiger charge is 2.32. The summed E-state index contributed by atoms with van der Waals surface area (Å²) in [5.41, 5.74) is 9.10. The summed E-state index contributed by atoms with van der Waals surface area (Å²) < 4.78 is 0. The predicted molar refractivity (Wildman–Crippen MR) is 133 cm³/mol. The molecule has 0 aliphatic carbocycles. The molecule has 1 aliphatic heterocycles. The molecule has 4 rings (SSSR count). The predicted octanol–water partition coefficient (Wildman–Crippen LogP) is 5.42. The number of benzene rings is 2. The molecule has 1 aliphatic rings. The Morgan fingerprint density at radius 3 is 2.61 bits per heavy atom. The molecule has 3 aromatic rings. The third-order valence-corrected chi connectivity index (χ3v) is 6.05. The van der Waals surface area contributed by atoms with Gasteiger partial charge in [-0.05, 0) is 55.3 Å². The van der Waals surface area contributed by atoms with Crippen LogP contribution in [0.4, 0.5) is 11.4 Å². The molecule has 2 heterocycles. The number of amides is 1. The molecule has 0 saturated heterocycles. The van der Waals surface area contributed by atoms with Gasteiger partial charge in [-0.2, -0.15) is 10.2 Å². The molecule has 0 spiro atoms. The number of rotatable bonds is 10. The number of nitrogens with one attached hydrogen (secondary N) is 2. The summed E-state index contributed by atoms with van der Waals surface area (Å²) in [6, 6.07) is 16.0. The lowest BCUT2D eigenvalue weighted by atomic mass is 9.84. The van der Waals surface area contributed by atoms with Crippen molar-refractivity contribution in [3.63, 3.8) is 0 Å². The largest absolute Gasteiger partial charge is 0.355 e. The van der Waals surface area contributed by atoms with Crippen LogP contribution in [0.25, 0.3) is 10.9 Å². The minimum atomic E-state index is -0.496. The summed E-state index contributed by atoms with van der Waals surface area (Å²) in [4.78, 5) is 17.2. The number of pyridine rings is 1. The van der Waals surface area contributed by atoms with E-state index in [2.05, 4.69) is 44.1 Å². The number of aromatic nitrogens is 1. The van der Waals surface area contributed by atoms with Crippen molar-refractivity contribution in [2.75, 3.05) is 18.9 Å². The number of azo groups is 1. The van der Waals surface area contributed by atoms with Crippen molar-refractivity contribution in [2.24, 2.45) is 16.0 Å². The van der Waals surface area contributed by atoms with Crippen LogP contribution in [-0.2, 0) is 5.54 Å². The van der Waals surface area contributed by atoms with Crippen molar-refractivity contribution in [3.8, 4) is 0 Å². The molecule has 1 aromatic heterocycles. The molecule has 1 unspecified atom stereocenters. The Morgan fingerprint density at radius 1 is 1.06 bits per heavy atom. The Kier molecular flexibility index (Phi) is 7.10. The van der Waals surface area contributed by atoms with E-state index in [1.165, 1.54) is 0 Å². The van der Waals surface area contributed by atoms with E-state index in [9.17, 15) is 4.79 Å². The van der Waals surface area contributed by atoms with Crippen LogP contribution < -0.4 is 16.4 Å². The summed E-state index contributed by atoms with van der Waals surface area (Å²) in [5.74, 6) is -0.191. The number of fused-ring (bicyclic) bond motifs is 1. The molecule has 0 fully saturated rings. The zero-order valence-corrected chi connectivity index (χ0v) is 18.9. The average molecular weight is 443 g/mol. The number of nitrogens with two attached hydrogens (primary N) is 1. The maximum Gasteiger partial charge on any atom is 0.254 e. The first-order valence-corrected chi connectivity index (χ1v) is 11.4. The fourth-order valence-corrected chi connectivity index (χ4v) is 4.22. The fourth-order valence-electron chi connectivity index (χ4n) is 4.22. The molecule has 7 heteroatoms. The standard InChI is InChI=1S/C26H30N6O/c1-28-25(33)22-18-29-23-12-11-19(17-21(23)24(22)31-20-9-5-4-6-10-20)26(14-16-30-32-26)13-7-2-3-8-15-27/h4-6,9-12,14,16-18H,2-3,7-8,13,15,27H2,1H3,(H,28,33)(H,29,31). The summed E-state index contributed by atoms with van der Waals surface area (Å²) >= 11 is 0. The molecule has 1 amide bonds. The van der Waals surface area contributed by atoms with Crippen LogP contribution in [0.2, 0.25) is 0 Å². The Balaban J connectivity index is 1.76. The number of hydrogen-bond acceptors (Lipinski definition) is 6. The van der Waals surface area contributed by atoms with E-state index in [1.807, 2.05) is 36.4 Å². The van der Waals surface area contributed by atoms with Crippen LogP contribution in [0.3, 0.4) is 0 Å². The van der Waals surface area contributed by atoms with E-state index in [-0.39, 0.29) is 5.91 Å². The van der Waals surface area contributed by atoms with Gasteiger partial charge >= 0.3 is 0 Å². The fraction of sp³-hybridized carbons (Fsp3) is 0.308. The van der Waals surface area contributed by atoms with Gasteiger partial charge in [0.15, 0.2) is 0 Å². The lowest BCUT2D eigenvalue weighted by molar-refractivity contribution is 0.0963. The van der Waals surface area contributed by atoms with Gasteiger partial charge in [0.2, 0.25) is 0 Å². The second-order valence-corrected chi connectivity index (χ2v) is 8.26. The van der Waals surface area contributed by atoms with Crippen LogP contribution in [0.15, 0.2) is 77.2 Å². The first kappa shape index (κ1) is 22.6. The van der Waals surface area contributed by atoms with E-state index >= 15 is 0 Å². The molecule has 1 atom stereocenters. The van der Waals surface area contributed by atoms with Crippen LogP contribution in [0, 0.1) is 0 Å². The van der Waals surface area contributed by atoms with Gasteiger partial charge in [-0.1, -0.05) is 43.5 Å². The number of unbranched alkanes of at least 4 members (excludes halogenated alkanes) is 3. The minimum Gasteiger partial charge on any atom is -0.355 e. The molecule has 170 valence electrons. The van der Waals surface area contributed by atoms with E-state index < -0.39 is 5.54 Å². The van der Waals surface area contributed by atoms with E-state index in [4.69, 9.17) is 5.73 Å². The van der Waals surface area contributed by atoms with Gasteiger partial charge in [-0.15, -0.1) is 0 Å². The highest BCUT2D eigenvalue weighted by Crippen LogP contribution is 2.40. The Labute approximate surface area is 194 Å². The maximum absolute atomic E-state index is 12.7. The van der Waals surface area contributed by atoms with Gasteiger partial charge in [0, 0.05) is 30.5 Å². The molecule has 33 heavy (non-hydrogen) atoms. The monoisotopic (exact) mass is 442 g/mol. The first-order valence-electron chi connectivity index (χ1n) is 11.4. The molecule has 2 aromatic carbocycles. The summed E-state index contributed by atoms with van der Waals surface area (Å²) in [6.45, 7) is 0.729. The first-order chi connectivity index (χ1) is 16.2. The van der Waals surface area contributed by atoms with E-state index in [0.717, 1.165) is 66.5 Å². The minimum absolute atomic E-state index is 0.191. The van der Waals surface area contributed by atoms with Crippen molar-refractivity contribution in [3.05, 3.63) is 78.1 Å². The number of nitrogens with zero attached hydrogens (tertiary/aromatic N) is 3. The second-order valence-electron chi connectivity index (χ2n) is 8.26. The molecule has 4 N–H and O–H groups in total. The van der Waals surface area contributed by atoms with E-state index in [0.29, 0.717) is 5.56 Å². The molecule has 0 radical (unpaired) electrons. The van der Waals surface area contributed by atoms with Crippen LogP contribution in [0.5, 0.6) is 0 Å². The Bertz CT molecular complexity index is 1160. The smallest absolute Gasteiger partial charge is 0.254 e. The molecular formula is C26H30N6O. The van der Waals surface area contributed by atoms with Crippen molar-refractivity contribution in [1.82, 2.24) is 10.3 Å². The highest BCUT2D eigenvalue weighted by molar-refractivity contribution is 6.08. The highest BCUT2D eigenvalue weighted by atomic mass is 16.1. The zero-order valence-electron chi connectivity index (χ0n) is 18.9. The Hall–Kier alpha value is -3.58. The molecule has 0 saturated carbocycles. The maximum atomic E-state index is 12.7. The van der Waals surface area contributed by atoms with Gasteiger partial charge in [0.25, 0.3) is 5.91 Å². The number of anilines is 2. The normalized spacial score (nSPS) is 16.9. The molecule has 7 nitrogen and oxygen atoms in total. The lowest BCUT2D eigenvalue weighted by Crippen LogP contribution is -2.20. The Morgan fingerprint density at radius 2 is 1.88 bits per heavy atom.